The molecule has 2 aliphatic rings. The van der Waals surface area contributed by atoms with Crippen molar-refractivity contribution in [2.24, 2.45) is 0 Å². The summed E-state index contributed by atoms with van der Waals surface area (Å²) in [6.07, 6.45) is 9.82. The van der Waals surface area contributed by atoms with Crippen molar-refractivity contribution in [1.82, 2.24) is 25.1 Å². The molecule has 29 heavy (non-hydrogen) atoms. The third kappa shape index (κ3) is 3.53. The molecule has 5 rings (SSSR count). The van der Waals surface area contributed by atoms with Crippen LogP contribution in [0.15, 0.2) is 54.6 Å². The molecule has 2 aromatic heterocycles. The largest absolute Gasteiger partial charge is 0.507 e. The SMILES string of the molecule is Oc1cc(-n2ccnc2)ccc1-c1ccc(/C=C2\C[C@H]3CCC[C@H](N3)[C@@H]2F)nn1. The van der Waals surface area contributed by atoms with Crippen LogP contribution in [0.3, 0.4) is 0 Å². The van der Waals surface area contributed by atoms with Crippen molar-refractivity contribution >= 4 is 6.08 Å². The Hall–Kier alpha value is -3.06. The average molecular weight is 391 g/mol. The molecule has 6 nitrogen and oxygen atoms in total. The molecule has 2 saturated heterocycles. The average Bonchev–Trinajstić information content (AvgIpc) is 3.28. The highest BCUT2D eigenvalue weighted by Gasteiger charge is 2.36. The Morgan fingerprint density at radius 2 is 2.10 bits per heavy atom. The fourth-order valence-electron chi connectivity index (χ4n) is 4.30. The van der Waals surface area contributed by atoms with Gasteiger partial charge in [-0.3, -0.25) is 0 Å². The summed E-state index contributed by atoms with van der Waals surface area (Å²) in [6, 6.07) is 9.27. The lowest BCUT2D eigenvalue weighted by Crippen LogP contribution is -2.52. The minimum absolute atomic E-state index is 0.0769. The molecule has 0 spiro atoms. The molecule has 4 heterocycles. The summed E-state index contributed by atoms with van der Waals surface area (Å²) in [5.74, 6) is 0.117. The van der Waals surface area contributed by atoms with Crippen molar-refractivity contribution in [3.8, 4) is 22.7 Å². The molecule has 2 fully saturated rings. The van der Waals surface area contributed by atoms with Crippen molar-refractivity contribution in [2.75, 3.05) is 0 Å². The first kappa shape index (κ1) is 18.0. The van der Waals surface area contributed by atoms with Gasteiger partial charge in [0.25, 0.3) is 0 Å². The Labute approximate surface area is 168 Å². The summed E-state index contributed by atoms with van der Waals surface area (Å²) >= 11 is 0. The topological polar surface area (TPSA) is 75.9 Å². The van der Waals surface area contributed by atoms with Gasteiger partial charge in [-0.1, -0.05) is 6.42 Å². The Bertz CT molecular complexity index is 1030. The highest BCUT2D eigenvalue weighted by Crippen LogP contribution is 2.33. The van der Waals surface area contributed by atoms with Gasteiger partial charge >= 0.3 is 0 Å². The molecule has 0 radical (unpaired) electrons. The zero-order valence-electron chi connectivity index (χ0n) is 15.9. The van der Waals surface area contributed by atoms with E-state index in [1.54, 1.807) is 30.7 Å². The fraction of sp³-hybridized carbons (Fsp3) is 0.318. The lowest BCUT2D eigenvalue weighted by Gasteiger charge is -2.39. The van der Waals surface area contributed by atoms with Crippen LogP contribution in [0.25, 0.3) is 23.0 Å². The standard InChI is InChI=1S/C22H22FN5O/c23-22-14(10-15-2-1-3-20(22)25-15)11-16-4-7-19(27-26-16)18-6-5-17(12-21(18)29)28-9-8-24-13-28/h4-9,11-13,15,20,22,25,29H,1-3,10H2/b14-11+/t15-,20+,22-/m1/s1. The van der Waals surface area contributed by atoms with Crippen molar-refractivity contribution in [3.63, 3.8) is 0 Å². The lowest BCUT2D eigenvalue weighted by atomic mass is 9.82. The molecule has 7 heteroatoms. The number of phenolic OH excluding ortho intramolecular Hbond substituents is 1. The number of nitrogens with one attached hydrogen (secondary N) is 1. The predicted octanol–water partition coefficient (Wildman–Crippen LogP) is 3.67. The van der Waals surface area contributed by atoms with Gasteiger partial charge in [-0.2, -0.15) is 5.10 Å². The lowest BCUT2D eigenvalue weighted by molar-refractivity contribution is 0.179. The second kappa shape index (κ2) is 7.40. The summed E-state index contributed by atoms with van der Waals surface area (Å²) in [7, 11) is 0. The Morgan fingerprint density at radius 3 is 2.86 bits per heavy atom. The van der Waals surface area contributed by atoms with Crippen molar-refractivity contribution < 1.29 is 9.50 Å². The minimum atomic E-state index is -0.965. The first-order valence-corrected chi connectivity index (χ1v) is 9.93. The summed E-state index contributed by atoms with van der Waals surface area (Å²) in [5.41, 5.74) is 3.42. The number of imidazole rings is 1. The van der Waals surface area contributed by atoms with Crippen LogP contribution >= 0.6 is 0 Å². The highest BCUT2D eigenvalue weighted by molar-refractivity contribution is 5.69. The van der Waals surface area contributed by atoms with E-state index in [-0.39, 0.29) is 11.8 Å². The van der Waals surface area contributed by atoms with Crippen LogP contribution < -0.4 is 5.32 Å². The first-order valence-electron chi connectivity index (χ1n) is 9.93. The molecule has 2 aliphatic heterocycles. The van der Waals surface area contributed by atoms with Gasteiger partial charge in [-0.05, 0) is 55.2 Å². The van der Waals surface area contributed by atoms with Crippen molar-refractivity contribution in [1.29, 1.82) is 0 Å². The van der Waals surface area contributed by atoms with E-state index in [0.29, 0.717) is 23.0 Å². The molecule has 3 aromatic rings. The zero-order valence-corrected chi connectivity index (χ0v) is 15.9. The first-order chi connectivity index (χ1) is 14.2. The van der Waals surface area contributed by atoms with Crippen LogP contribution in [0.4, 0.5) is 4.39 Å². The number of rotatable bonds is 3. The Kier molecular flexibility index (Phi) is 4.60. The van der Waals surface area contributed by atoms with E-state index in [1.807, 2.05) is 29.0 Å². The van der Waals surface area contributed by atoms with E-state index in [0.717, 1.165) is 36.9 Å². The van der Waals surface area contributed by atoms with Crippen LogP contribution in [0.5, 0.6) is 5.75 Å². The third-order valence-corrected chi connectivity index (χ3v) is 5.79. The Balaban J connectivity index is 1.38. The van der Waals surface area contributed by atoms with Gasteiger partial charge in [0.2, 0.25) is 0 Å². The molecule has 2 bridgehead atoms. The number of benzene rings is 1. The smallest absolute Gasteiger partial charge is 0.137 e. The zero-order chi connectivity index (χ0) is 19.8. The van der Waals surface area contributed by atoms with Gasteiger partial charge in [-0.15, -0.1) is 5.10 Å². The van der Waals surface area contributed by atoms with E-state index in [4.69, 9.17) is 0 Å². The van der Waals surface area contributed by atoms with Gasteiger partial charge in [0.15, 0.2) is 0 Å². The monoisotopic (exact) mass is 391 g/mol. The molecule has 0 amide bonds. The van der Waals surface area contributed by atoms with E-state index in [2.05, 4.69) is 20.5 Å². The van der Waals surface area contributed by atoms with Crippen LogP contribution in [0.2, 0.25) is 0 Å². The van der Waals surface area contributed by atoms with E-state index in [9.17, 15) is 9.50 Å². The fourth-order valence-corrected chi connectivity index (χ4v) is 4.30. The summed E-state index contributed by atoms with van der Waals surface area (Å²) in [5, 5.41) is 22.3. The number of aromatic nitrogens is 4. The van der Waals surface area contributed by atoms with Gasteiger partial charge in [0.1, 0.15) is 11.9 Å². The van der Waals surface area contributed by atoms with Gasteiger partial charge in [0, 0.05) is 36.1 Å². The summed E-state index contributed by atoms with van der Waals surface area (Å²) in [6.45, 7) is 0. The maximum atomic E-state index is 14.7. The highest BCUT2D eigenvalue weighted by atomic mass is 19.1. The number of halogens is 1. The van der Waals surface area contributed by atoms with E-state index < -0.39 is 6.17 Å². The number of alkyl halides is 1. The maximum Gasteiger partial charge on any atom is 0.137 e. The number of nitrogens with zero attached hydrogens (tertiary/aromatic N) is 4. The molecular weight excluding hydrogens is 369 g/mol. The number of phenols is 1. The van der Waals surface area contributed by atoms with Crippen molar-refractivity contribution in [3.05, 3.63) is 60.3 Å². The number of hydrogen-bond donors (Lipinski definition) is 2. The van der Waals surface area contributed by atoms with Gasteiger partial charge in [-0.25, -0.2) is 9.37 Å². The van der Waals surface area contributed by atoms with Gasteiger partial charge in [0.05, 0.1) is 23.4 Å². The molecule has 0 aliphatic carbocycles. The van der Waals surface area contributed by atoms with E-state index in [1.165, 1.54) is 0 Å². The molecule has 2 N–H and O–H groups in total. The summed E-state index contributed by atoms with van der Waals surface area (Å²) in [4.78, 5) is 4.01. The van der Waals surface area contributed by atoms with Crippen LogP contribution in [-0.4, -0.2) is 43.1 Å². The Morgan fingerprint density at radius 1 is 1.17 bits per heavy atom. The second-order valence-electron chi connectivity index (χ2n) is 7.74. The summed E-state index contributed by atoms with van der Waals surface area (Å²) < 4.78 is 16.6. The van der Waals surface area contributed by atoms with Gasteiger partial charge < -0.3 is 15.0 Å². The molecule has 0 unspecified atom stereocenters. The van der Waals surface area contributed by atoms with Crippen LogP contribution in [0, 0.1) is 0 Å². The quantitative estimate of drug-likeness (QED) is 0.713. The maximum absolute atomic E-state index is 14.7. The van der Waals surface area contributed by atoms with Crippen LogP contribution in [0.1, 0.15) is 31.4 Å². The molecule has 0 saturated carbocycles. The third-order valence-electron chi connectivity index (χ3n) is 5.79. The predicted molar refractivity (Wildman–Crippen MR) is 108 cm³/mol. The number of piperidine rings is 2. The van der Waals surface area contributed by atoms with Crippen LogP contribution in [-0.2, 0) is 0 Å². The van der Waals surface area contributed by atoms with E-state index >= 15 is 0 Å². The number of aromatic hydroxyl groups is 1. The molecule has 1 aromatic carbocycles. The molecular formula is C22H22FN5O. The molecule has 148 valence electrons. The molecule has 3 atom stereocenters. The number of hydrogen-bond acceptors (Lipinski definition) is 5. The normalized spacial score (nSPS) is 25.3. The number of fused-ring (bicyclic) bond motifs is 2. The van der Waals surface area contributed by atoms with Crippen molar-refractivity contribution in [2.45, 2.75) is 43.9 Å². The minimum Gasteiger partial charge on any atom is -0.507 e. The second-order valence-corrected chi connectivity index (χ2v) is 7.74.